The number of nitrogens with two attached hydrogens (primary N) is 1. The normalized spacial score (nSPS) is 16.5. The molecule has 0 aromatic heterocycles. The predicted molar refractivity (Wildman–Crippen MR) is 84.7 cm³/mol. The van der Waals surface area contributed by atoms with Crippen molar-refractivity contribution in [2.75, 3.05) is 20.6 Å². The van der Waals surface area contributed by atoms with Crippen molar-refractivity contribution in [3.05, 3.63) is 0 Å². The van der Waals surface area contributed by atoms with E-state index < -0.39 is 5.54 Å². The van der Waals surface area contributed by atoms with Crippen molar-refractivity contribution in [3.63, 3.8) is 0 Å². The van der Waals surface area contributed by atoms with Crippen molar-refractivity contribution in [1.82, 2.24) is 10.2 Å². The molecule has 0 bridgehead atoms. The van der Waals surface area contributed by atoms with E-state index in [0.717, 1.165) is 13.0 Å². The molecule has 116 valence electrons. The molecule has 5 heteroatoms. The van der Waals surface area contributed by atoms with Crippen LogP contribution in [0.4, 0.5) is 0 Å². The van der Waals surface area contributed by atoms with E-state index in [-0.39, 0.29) is 29.8 Å². The zero-order chi connectivity index (χ0) is 14.6. The van der Waals surface area contributed by atoms with Crippen molar-refractivity contribution >= 4 is 18.3 Å². The molecule has 0 rings (SSSR count). The molecule has 0 saturated heterocycles. The zero-order valence-electron chi connectivity index (χ0n) is 13.5. The van der Waals surface area contributed by atoms with Gasteiger partial charge in [0.05, 0.1) is 5.54 Å². The maximum atomic E-state index is 12.1. The molecule has 0 aliphatic carbocycles. The first kappa shape index (κ1) is 21.0. The Bertz CT molecular complexity index is 278. The van der Waals surface area contributed by atoms with Gasteiger partial charge in [0.15, 0.2) is 0 Å². The number of nitrogens with zero attached hydrogens (tertiary/aromatic N) is 1. The van der Waals surface area contributed by atoms with Crippen LogP contribution in [0, 0.1) is 5.41 Å². The number of hydrogen-bond donors (Lipinski definition) is 2. The van der Waals surface area contributed by atoms with Gasteiger partial charge in [-0.25, -0.2) is 0 Å². The molecule has 2 unspecified atom stereocenters. The summed E-state index contributed by atoms with van der Waals surface area (Å²) < 4.78 is 0. The van der Waals surface area contributed by atoms with Crippen LogP contribution in [0.2, 0.25) is 0 Å². The molecular weight excluding hydrogens is 262 g/mol. The van der Waals surface area contributed by atoms with Crippen LogP contribution in [0.1, 0.15) is 47.5 Å². The lowest BCUT2D eigenvalue weighted by atomic mass is 9.84. The lowest BCUT2D eigenvalue weighted by molar-refractivity contribution is -0.127. The van der Waals surface area contributed by atoms with Crippen LogP contribution in [-0.2, 0) is 4.79 Å². The number of amides is 1. The van der Waals surface area contributed by atoms with Gasteiger partial charge in [0.2, 0.25) is 5.91 Å². The molecule has 0 radical (unpaired) electrons. The highest BCUT2D eigenvalue weighted by Crippen LogP contribution is 2.22. The molecule has 0 fully saturated rings. The van der Waals surface area contributed by atoms with Gasteiger partial charge in [-0.2, -0.15) is 0 Å². The fourth-order valence-corrected chi connectivity index (χ4v) is 2.14. The summed E-state index contributed by atoms with van der Waals surface area (Å²) in [5.74, 6) is -0.0521. The molecule has 0 spiro atoms. The van der Waals surface area contributed by atoms with E-state index in [1.807, 2.05) is 27.9 Å². The average Bonchev–Trinajstić information content (AvgIpc) is 2.15. The number of hydrogen-bond acceptors (Lipinski definition) is 3. The summed E-state index contributed by atoms with van der Waals surface area (Å²) in [7, 11) is 4.08. The van der Waals surface area contributed by atoms with E-state index in [9.17, 15) is 4.79 Å². The summed E-state index contributed by atoms with van der Waals surface area (Å²) in [6.07, 6.45) is 1.62. The first-order chi connectivity index (χ1) is 8.03. The summed E-state index contributed by atoms with van der Waals surface area (Å²) >= 11 is 0. The summed E-state index contributed by atoms with van der Waals surface area (Å²) in [4.78, 5) is 14.3. The van der Waals surface area contributed by atoms with Crippen LogP contribution in [0.3, 0.4) is 0 Å². The molecule has 0 aromatic rings. The summed E-state index contributed by atoms with van der Waals surface area (Å²) in [5.41, 5.74) is 5.29. The Labute approximate surface area is 124 Å². The second kappa shape index (κ2) is 8.08. The average molecular weight is 294 g/mol. The van der Waals surface area contributed by atoms with Crippen molar-refractivity contribution in [2.45, 2.75) is 59.0 Å². The van der Waals surface area contributed by atoms with Gasteiger partial charge >= 0.3 is 0 Å². The number of nitrogens with one attached hydrogen (secondary N) is 1. The van der Waals surface area contributed by atoms with Gasteiger partial charge in [-0.05, 0) is 39.8 Å². The van der Waals surface area contributed by atoms with E-state index in [0.29, 0.717) is 6.42 Å². The van der Waals surface area contributed by atoms with Crippen molar-refractivity contribution in [2.24, 2.45) is 11.1 Å². The van der Waals surface area contributed by atoms with E-state index in [1.54, 1.807) is 6.92 Å². The smallest absolute Gasteiger partial charge is 0.240 e. The number of rotatable bonds is 7. The highest BCUT2D eigenvalue weighted by molar-refractivity contribution is 5.86. The fraction of sp³-hybridized carbons (Fsp3) is 0.929. The predicted octanol–water partition coefficient (Wildman–Crippen LogP) is 2.02. The monoisotopic (exact) mass is 293 g/mol. The Hall–Kier alpha value is -0.320. The van der Waals surface area contributed by atoms with Gasteiger partial charge in [0.25, 0.3) is 0 Å². The second-order valence-corrected chi connectivity index (χ2v) is 6.59. The highest BCUT2D eigenvalue weighted by atomic mass is 35.5. The summed E-state index contributed by atoms with van der Waals surface area (Å²) in [5, 5.41) is 3.06. The van der Waals surface area contributed by atoms with Crippen LogP contribution in [-0.4, -0.2) is 43.0 Å². The Morgan fingerprint density at radius 2 is 1.79 bits per heavy atom. The summed E-state index contributed by atoms with van der Waals surface area (Å²) in [6.45, 7) is 11.1. The number of halogens is 1. The van der Waals surface area contributed by atoms with Crippen molar-refractivity contribution in [3.8, 4) is 0 Å². The molecule has 0 aromatic carbocycles. The zero-order valence-corrected chi connectivity index (χ0v) is 14.4. The molecule has 4 nitrogen and oxygen atoms in total. The van der Waals surface area contributed by atoms with E-state index in [1.165, 1.54) is 0 Å². The molecule has 3 N–H and O–H groups in total. The van der Waals surface area contributed by atoms with Gasteiger partial charge in [-0.15, -0.1) is 12.4 Å². The molecule has 2 atom stereocenters. The van der Waals surface area contributed by atoms with E-state index >= 15 is 0 Å². The molecule has 1 amide bonds. The van der Waals surface area contributed by atoms with Crippen LogP contribution in [0.15, 0.2) is 0 Å². The molecule has 0 aliphatic rings. The molecular formula is C14H32ClN3O. The first-order valence-corrected chi connectivity index (χ1v) is 6.77. The Morgan fingerprint density at radius 1 is 1.32 bits per heavy atom. The fourth-order valence-electron chi connectivity index (χ4n) is 2.14. The van der Waals surface area contributed by atoms with Crippen molar-refractivity contribution in [1.29, 1.82) is 0 Å². The maximum Gasteiger partial charge on any atom is 0.240 e. The van der Waals surface area contributed by atoms with Crippen molar-refractivity contribution < 1.29 is 4.79 Å². The van der Waals surface area contributed by atoms with Gasteiger partial charge < -0.3 is 16.0 Å². The summed E-state index contributed by atoms with van der Waals surface area (Å²) in [6, 6.07) is 0.0899. The molecule has 0 heterocycles. The van der Waals surface area contributed by atoms with E-state index in [2.05, 4.69) is 24.1 Å². The minimum atomic E-state index is -0.767. The van der Waals surface area contributed by atoms with Gasteiger partial charge in [-0.3, -0.25) is 4.79 Å². The van der Waals surface area contributed by atoms with Crippen LogP contribution >= 0.6 is 12.4 Å². The largest absolute Gasteiger partial charge is 0.351 e. The lowest BCUT2D eigenvalue weighted by Gasteiger charge is -2.36. The first-order valence-electron chi connectivity index (χ1n) is 6.77. The van der Waals surface area contributed by atoms with Gasteiger partial charge in [0.1, 0.15) is 0 Å². The molecule has 0 aliphatic heterocycles. The van der Waals surface area contributed by atoms with E-state index in [4.69, 9.17) is 5.73 Å². The Balaban J connectivity index is 0. The minimum Gasteiger partial charge on any atom is -0.351 e. The standard InChI is InChI=1S/C14H31N3O.ClH/c1-8-9-14(5,15)12(18)16-11(2)13(3,4)10-17(6)7;/h11H,8-10,15H2,1-7H3,(H,16,18);1H. The Morgan fingerprint density at radius 3 is 2.16 bits per heavy atom. The number of carbonyl (C=O) groups excluding carboxylic acids is 1. The third-order valence-corrected chi connectivity index (χ3v) is 3.53. The second-order valence-electron chi connectivity index (χ2n) is 6.59. The lowest BCUT2D eigenvalue weighted by Crippen LogP contribution is -2.57. The van der Waals surface area contributed by atoms with Gasteiger partial charge in [-0.1, -0.05) is 27.2 Å². The topological polar surface area (TPSA) is 58.4 Å². The minimum absolute atomic E-state index is 0. The maximum absolute atomic E-state index is 12.1. The quantitative estimate of drug-likeness (QED) is 0.755. The third kappa shape index (κ3) is 7.14. The molecule has 19 heavy (non-hydrogen) atoms. The van der Waals surface area contributed by atoms with Gasteiger partial charge in [0, 0.05) is 12.6 Å². The third-order valence-electron chi connectivity index (χ3n) is 3.53. The number of carbonyl (C=O) groups is 1. The highest BCUT2D eigenvalue weighted by Gasteiger charge is 2.33. The van der Waals surface area contributed by atoms with Crippen LogP contribution in [0.25, 0.3) is 0 Å². The SMILES string of the molecule is CCCC(C)(N)C(=O)NC(C)C(C)(C)CN(C)C.Cl. The van der Waals surface area contributed by atoms with Crippen LogP contribution in [0.5, 0.6) is 0 Å². The van der Waals surface area contributed by atoms with Crippen LogP contribution < -0.4 is 11.1 Å². The Kier molecular flexibility index (Phi) is 8.92. The molecule has 0 saturated carbocycles.